The highest BCUT2D eigenvalue weighted by Gasteiger charge is 2.13. The van der Waals surface area contributed by atoms with Crippen molar-refractivity contribution in [3.8, 4) is 11.3 Å². The Kier molecular flexibility index (Phi) is 5.50. The van der Waals surface area contributed by atoms with Gasteiger partial charge < -0.3 is 14.3 Å². The van der Waals surface area contributed by atoms with Gasteiger partial charge in [-0.15, -0.1) is 0 Å². The zero-order valence-corrected chi connectivity index (χ0v) is 16.4. The maximum atomic E-state index is 13.1. The quantitative estimate of drug-likeness (QED) is 0.480. The van der Waals surface area contributed by atoms with E-state index >= 15 is 0 Å². The molecule has 0 fully saturated rings. The van der Waals surface area contributed by atoms with E-state index in [9.17, 15) is 14.0 Å². The number of hydrogen-bond acceptors (Lipinski definition) is 3. The lowest BCUT2D eigenvalue weighted by Gasteiger charge is -2.10. The Labute approximate surface area is 176 Å². The van der Waals surface area contributed by atoms with Crippen molar-refractivity contribution in [3.63, 3.8) is 0 Å². The van der Waals surface area contributed by atoms with Crippen LogP contribution >= 0.6 is 11.6 Å². The normalized spacial score (nSPS) is 10.7. The summed E-state index contributed by atoms with van der Waals surface area (Å²) in [5.74, 6) is -0.275. The van der Waals surface area contributed by atoms with Crippen molar-refractivity contribution in [2.45, 2.75) is 6.54 Å². The Morgan fingerprint density at radius 3 is 2.53 bits per heavy atom. The predicted octanol–water partition coefficient (Wildman–Crippen LogP) is 5.20. The summed E-state index contributed by atoms with van der Waals surface area (Å²) >= 11 is 6.17. The SMILES string of the molecule is O=C(Nc1ccc(=O)n(Cc2ccccc2Cl)c1)c1ccc(-c2ccc(F)cc2)o1. The summed E-state index contributed by atoms with van der Waals surface area (Å²) in [7, 11) is 0. The van der Waals surface area contributed by atoms with Crippen LogP contribution in [0.5, 0.6) is 0 Å². The third-order valence-corrected chi connectivity index (χ3v) is 4.87. The van der Waals surface area contributed by atoms with Crippen molar-refractivity contribution in [1.82, 2.24) is 4.57 Å². The van der Waals surface area contributed by atoms with Gasteiger partial charge in [0.1, 0.15) is 11.6 Å². The predicted molar refractivity (Wildman–Crippen MR) is 113 cm³/mol. The van der Waals surface area contributed by atoms with Crippen LogP contribution in [0.1, 0.15) is 16.1 Å². The molecule has 7 heteroatoms. The van der Waals surface area contributed by atoms with Crippen LogP contribution in [-0.2, 0) is 6.54 Å². The van der Waals surface area contributed by atoms with Crippen LogP contribution in [0.25, 0.3) is 11.3 Å². The van der Waals surface area contributed by atoms with Crippen LogP contribution in [0.3, 0.4) is 0 Å². The Bertz CT molecular complexity index is 1260. The van der Waals surface area contributed by atoms with Gasteiger partial charge in [-0.2, -0.15) is 0 Å². The highest BCUT2D eigenvalue weighted by Crippen LogP contribution is 2.23. The van der Waals surface area contributed by atoms with Crippen molar-refractivity contribution in [2.75, 3.05) is 5.32 Å². The minimum Gasteiger partial charge on any atom is -0.451 e. The van der Waals surface area contributed by atoms with Gasteiger partial charge >= 0.3 is 0 Å². The van der Waals surface area contributed by atoms with Gasteiger partial charge in [-0.1, -0.05) is 29.8 Å². The number of anilines is 1. The number of nitrogens with one attached hydrogen (secondary N) is 1. The topological polar surface area (TPSA) is 64.2 Å². The van der Waals surface area contributed by atoms with E-state index in [4.69, 9.17) is 16.0 Å². The molecule has 0 atom stereocenters. The first-order valence-electron chi connectivity index (χ1n) is 9.10. The molecule has 2 aromatic carbocycles. The number of hydrogen-bond donors (Lipinski definition) is 1. The maximum absolute atomic E-state index is 13.1. The second kappa shape index (κ2) is 8.39. The number of pyridine rings is 1. The largest absolute Gasteiger partial charge is 0.451 e. The number of aromatic nitrogens is 1. The molecule has 0 bridgehead atoms. The molecule has 1 N–H and O–H groups in total. The van der Waals surface area contributed by atoms with Crippen LogP contribution in [0.4, 0.5) is 10.1 Å². The number of rotatable bonds is 5. The highest BCUT2D eigenvalue weighted by atomic mass is 35.5. The summed E-state index contributed by atoms with van der Waals surface area (Å²) < 4.78 is 20.1. The van der Waals surface area contributed by atoms with Crippen molar-refractivity contribution in [2.24, 2.45) is 0 Å². The second-order valence-electron chi connectivity index (χ2n) is 6.60. The zero-order valence-electron chi connectivity index (χ0n) is 15.6. The first-order valence-corrected chi connectivity index (χ1v) is 9.48. The summed E-state index contributed by atoms with van der Waals surface area (Å²) in [4.78, 5) is 24.7. The maximum Gasteiger partial charge on any atom is 0.291 e. The fourth-order valence-electron chi connectivity index (χ4n) is 2.96. The standard InChI is InChI=1S/C23H16ClFN2O3/c24-19-4-2-1-3-16(19)13-27-14-18(9-12-22(27)28)26-23(29)21-11-10-20(30-21)15-5-7-17(25)8-6-15/h1-12,14H,13H2,(H,26,29). The van der Waals surface area contributed by atoms with Crippen molar-refractivity contribution in [1.29, 1.82) is 0 Å². The van der Waals surface area contributed by atoms with Crippen LogP contribution in [0.2, 0.25) is 5.02 Å². The average molecular weight is 423 g/mol. The first-order chi connectivity index (χ1) is 14.5. The molecular formula is C23H16ClFN2O3. The van der Waals surface area contributed by atoms with E-state index in [-0.39, 0.29) is 23.7 Å². The molecule has 0 aliphatic rings. The van der Waals surface area contributed by atoms with Gasteiger partial charge in [-0.05, 0) is 54.1 Å². The molecule has 2 aromatic heterocycles. The van der Waals surface area contributed by atoms with Gasteiger partial charge in [0.25, 0.3) is 11.5 Å². The number of nitrogens with zero attached hydrogens (tertiary/aromatic N) is 1. The molecular weight excluding hydrogens is 407 g/mol. The molecule has 0 aliphatic heterocycles. The number of carbonyl (C=O) groups is 1. The molecule has 0 radical (unpaired) electrons. The molecule has 0 saturated carbocycles. The lowest BCUT2D eigenvalue weighted by atomic mass is 10.2. The lowest BCUT2D eigenvalue weighted by molar-refractivity contribution is 0.0997. The van der Waals surface area contributed by atoms with Crippen molar-refractivity contribution < 1.29 is 13.6 Å². The molecule has 0 saturated heterocycles. The third kappa shape index (κ3) is 4.34. The minimum atomic E-state index is -0.466. The van der Waals surface area contributed by atoms with Crippen LogP contribution < -0.4 is 10.9 Å². The van der Waals surface area contributed by atoms with E-state index in [0.717, 1.165) is 5.56 Å². The Hall–Kier alpha value is -3.64. The van der Waals surface area contributed by atoms with E-state index in [0.29, 0.717) is 22.0 Å². The average Bonchev–Trinajstić information content (AvgIpc) is 3.23. The van der Waals surface area contributed by atoms with E-state index in [1.54, 1.807) is 30.5 Å². The highest BCUT2D eigenvalue weighted by molar-refractivity contribution is 6.31. The van der Waals surface area contributed by atoms with Crippen LogP contribution in [0, 0.1) is 5.82 Å². The summed E-state index contributed by atoms with van der Waals surface area (Å²) in [6, 6.07) is 19.1. The summed E-state index contributed by atoms with van der Waals surface area (Å²) in [6.45, 7) is 0.275. The van der Waals surface area contributed by atoms with E-state index in [1.807, 2.05) is 18.2 Å². The molecule has 1 amide bonds. The molecule has 150 valence electrons. The summed E-state index contributed by atoms with van der Waals surface area (Å²) in [5.41, 5.74) is 1.67. The first kappa shape index (κ1) is 19.7. The van der Waals surface area contributed by atoms with E-state index < -0.39 is 5.91 Å². The van der Waals surface area contributed by atoms with Crippen molar-refractivity contribution in [3.05, 3.63) is 112 Å². The van der Waals surface area contributed by atoms with Crippen LogP contribution in [0.15, 0.2) is 88.2 Å². The van der Waals surface area contributed by atoms with Gasteiger partial charge in [0.15, 0.2) is 5.76 Å². The number of furan rings is 1. The molecule has 4 aromatic rings. The van der Waals surface area contributed by atoms with Gasteiger partial charge in [0.05, 0.1) is 12.2 Å². The van der Waals surface area contributed by atoms with Gasteiger partial charge in [-0.3, -0.25) is 9.59 Å². The number of amides is 1. The Morgan fingerprint density at radius 1 is 1.00 bits per heavy atom. The fourth-order valence-corrected chi connectivity index (χ4v) is 3.16. The van der Waals surface area contributed by atoms with Gasteiger partial charge in [-0.25, -0.2) is 4.39 Å². The Morgan fingerprint density at radius 2 is 1.77 bits per heavy atom. The lowest BCUT2D eigenvalue weighted by Crippen LogP contribution is -2.21. The minimum absolute atomic E-state index is 0.0955. The van der Waals surface area contributed by atoms with Crippen molar-refractivity contribution >= 4 is 23.2 Å². The third-order valence-electron chi connectivity index (χ3n) is 4.50. The molecule has 2 heterocycles. The number of halogens is 2. The van der Waals surface area contributed by atoms with Crippen LogP contribution in [-0.4, -0.2) is 10.5 Å². The molecule has 5 nitrogen and oxygen atoms in total. The van der Waals surface area contributed by atoms with E-state index in [1.165, 1.54) is 34.9 Å². The summed E-state index contributed by atoms with van der Waals surface area (Å²) in [5, 5.41) is 3.27. The second-order valence-corrected chi connectivity index (χ2v) is 7.01. The molecule has 0 aliphatic carbocycles. The van der Waals surface area contributed by atoms with Gasteiger partial charge in [0, 0.05) is 22.8 Å². The Balaban J connectivity index is 1.52. The summed E-state index contributed by atoms with van der Waals surface area (Å²) in [6.07, 6.45) is 1.55. The monoisotopic (exact) mass is 422 g/mol. The molecule has 30 heavy (non-hydrogen) atoms. The van der Waals surface area contributed by atoms with Gasteiger partial charge in [0.2, 0.25) is 0 Å². The zero-order chi connectivity index (χ0) is 21.1. The fraction of sp³-hybridized carbons (Fsp3) is 0.0435. The smallest absolute Gasteiger partial charge is 0.291 e. The number of carbonyl (C=O) groups excluding carboxylic acids is 1. The molecule has 0 unspecified atom stereocenters. The molecule has 4 rings (SSSR count). The number of benzene rings is 2. The van der Waals surface area contributed by atoms with E-state index in [2.05, 4.69) is 5.32 Å². The molecule has 0 spiro atoms.